The number of esters is 1. The van der Waals surface area contributed by atoms with E-state index in [1.54, 1.807) is 4.68 Å². The molecule has 0 aliphatic carbocycles. The number of hydrogen-bond donors (Lipinski definition) is 0. The van der Waals surface area contributed by atoms with Gasteiger partial charge in [-0.15, -0.1) is 16.4 Å². The Hall–Kier alpha value is -3.08. The molecule has 1 amide bonds. The Kier molecular flexibility index (Phi) is 7.88. The quantitative estimate of drug-likeness (QED) is 0.350. The lowest BCUT2D eigenvalue weighted by Gasteiger charge is -2.24. The van der Waals surface area contributed by atoms with Gasteiger partial charge in [-0.1, -0.05) is 24.3 Å². The van der Waals surface area contributed by atoms with Gasteiger partial charge in [-0.25, -0.2) is 9.67 Å². The smallest absolute Gasteiger partial charge is 0.307 e. The molecule has 0 aliphatic heterocycles. The van der Waals surface area contributed by atoms with Gasteiger partial charge in [-0.05, 0) is 23.6 Å². The zero-order valence-electron chi connectivity index (χ0n) is 17.6. The van der Waals surface area contributed by atoms with Gasteiger partial charge >= 0.3 is 5.97 Å². The molecule has 0 saturated heterocycles. The molecule has 1 aromatic carbocycles. The normalized spacial score (nSPS) is 11.0. The summed E-state index contributed by atoms with van der Waals surface area (Å²) < 4.78 is 16.8. The van der Waals surface area contributed by atoms with E-state index in [2.05, 4.69) is 10.1 Å². The number of rotatable bonds is 10. The Labute approximate surface area is 184 Å². The molecule has 164 valence electrons. The number of hydrogen-bond acceptors (Lipinski definition) is 8. The fourth-order valence-electron chi connectivity index (χ4n) is 2.89. The highest BCUT2D eigenvalue weighted by molar-refractivity contribution is 7.13. The summed E-state index contributed by atoms with van der Waals surface area (Å²) in [6, 6.07) is 13.3. The second-order valence-corrected chi connectivity index (χ2v) is 7.41. The maximum absolute atomic E-state index is 13.3. The first-order chi connectivity index (χ1) is 15.1. The van der Waals surface area contributed by atoms with Crippen LogP contribution in [0.15, 0.2) is 47.8 Å². The number of thiophene rings is 1. The number of methoxy groups -OCH3 is 3. The first-order valence-electron chi connectivity index (χ1n) is 9.55. The van der Waals surface area contributed by atoms with E-state index in [0.29, 0.717) is 5.82 Å². The number of aromatic nitrogens is 3. The van der Waals surface area contributed by atoms with E-state index >= 15 is 0 Å². The van der Waals surface area contributed by atoms with Crippen LogP contribution in [0.4, 0.5) is 0 Å². The van der Waals surface area contributed by atoms with Gasteiger partial charge in [0, 0.05) is 20.8 Å². The molecule has 31 heavy (non-hydrogen) atoms. The van der Waals surface area contributed by atoms with E-state index < -0.39 is 18.2 Å². The molecule has 0 fully saturated rings. The van der Waals surface area contributed by atoms with E-state index in [9.17, 15) is 9.59 Å². The summed E-state index contributed by atoms with van der Waals surface area (Å²) in [7, 11) is 4.26. The molecular weight excluding hydrogens is 420 g/mol. The van der Waals surface area contributed by atoms with Gasteiger partial charge in [0.2, 0.25) is 5.82 Å². The van der Waals surface area contributed by atoms with Crippen molar-refractivity contribution in [2.45, 2.75) is 12.7 Å². The molecule has 0 unspecified atom stereocenters. The predicted molar refractivity (Wildman–Crippen MR) is 115 cm³/mol. The van der Waals surface area contributed by atoms with Gasteiger partial charge in [-0.3, -0.25) is 9.59 Å². The number of benzene rings is 1. The van der Waals surface area contributed by atoms with Crippen LogP contribution in [0.2, 0.25) is 0 Å². The molecule has 0 aliphatic rings. The summed E-state index contributed by atoms with van der Waals surface area (Å²) in [5.74, 6) is -0.280. The fraction of sp³-hybridized carbons (Fsp3) is 0.333. The van der Waals surface area contributed by atoms with Crippen LogP contribution in [0.1, 0.15) is 17.0 Å². The Bertz CT molecular complexity index is 987. The summed E-state index contributed by atoms with van der Waals surface area (Å²) in [5, 5.41) is 6.42. The molecule has 0 saturated carbocycles. The summed E-state index contributed by atoms with van der Waals surface area (Å²) in [5.41, 5.74) is 0.783. The Morgan fingerprint density at radius 2 is 1.84 bits per heavy atom. The number of amides is 1. The summed E-state index contributed by atoms with van der Waals surface area (Å²) >= 11 is 1.50. The summed E-state index contributed by atoms with van der Waals surface area (Å²) in [6.07, 6.45) is -0.630. The van der Waals surface area contributed by atoms with E-state index in [0.717, 1.165) is 10.6 Å². The zero-order valence-corrected chi connectivity index (χ0v) is 18.4. The predicted octanol–water partition coefficient (Wildman–Crippen LogP) is 2.62. The average Bonchev–Trinajstić information content (AvgIpc) is 3.49. The van der Waals surface area contributed by atoms with Crippen LogP contribution in [0, 0.1) is 0 Å². The van der Waals surface area contributed by atoms with Gasteiger partial charge in [0.15, 0.2) is 12.1 Å². The summed E-state index contributed by atoms with van der Waals surface area (Å²) in [4.78, 5) is 31.8. The molecular formula is C21H24N4O5S. The van der Waals surface area contributed by atoms with Crippen molar-refractivity contribution < 1.29 is 23.8 Å². The van der Waals surface area contributed by atoms with Crippen molar-refractivity contribution in [3.05, 3.63) is 53.7 Å². The second kappa shape index (κ2) is 10.8. The molecule has 0 N–H and O–H groups in total. The maximum atomic E-state index is 13.3. The minimum absolute atomic E-state index is 0.0167. The Morgan fingerprint density at radius 1 is 1.10 bits per heavy atom. The number of nitrogens with zero attached hydrogens (tertiary/aromatic N) is 4. The molecule has 0 radical (unpaired) electrons. The van der Waals surface area contributed by atoms with E-state index in [4.69, 9.17) is 14.2 Å². The number of ether oxygens (including phenoxy) is 3. The van der Waals surface area contributed by atoms with Crippen molar-refractivity contribution in [3.63, 3.8) is 0 Å². The van der Waals surface area contributed by atoms with Gasteiger partial charge in [-0.2, -0.15) is 0 Å². The van der Waals surface area contributed by atoms with Gasteiger partial charge in [0.25, 0.3) is 5.91 Å². The van der Waals surface area contributed by atoms with Crippen LogP contribution >= 0.6 is 11.3 Å². The van der Waals surface area contributed by atoms with Crippen LogP contribution in [0.3, 0.4) is 0 Å². The monoisotopic (exact) mass is 444 g/mol. The molecule has 9 nitrogen and oxygen atoms in total. The standard InChI is InChI=1S/C21H24N4O5S/c1-28-17(26)11-12-24(14-18(29-2)30-3)21(27)19-22-20(16-10-7-13-31-16)25(23-19)15-8-5-4-6-9-15/h4-10,13,18H,11-12,14H2,1-3H3. The topological polar surface area (TPSA) is 95.8 Å². The van der Waals surface area contributed by atoms with Crippen molar-refractivity contribution in [1.82, 2.24) is 19.7 Å². The van der Waals surface area contributed by atoms with Crippen LogP contribution in [-0.4, -0.2) is 72.2 Å². The van der Waals surface area contributed by atoms with Crippen LogP contribution in [0.25, 0.3) is 16.4 Å². The van der Waals surface area contributed by atoms with Crippen molar-refractivity contribution in [3.8, 4) is 16.4 Å². The number of carbonyl (C=O) groups is 2. The fourth-order valence-corrected chi connectivity index (χ4v) is 3.59. The highest BCUT2D eigenvalue weighted by Crippen LogP contribution is 2.26. The van der Waals surface area contributed by atoms with Crippen molar-refractivity contribution in [2.75, 3.05) is 34.4 Å². The van der Waals surface area contributed by atoms with Crippen molar-refractivity contribution in [1.29, 1.82) is 0 Å². The van der Waals surface area contributed by atoms with Gasteiger partial charge in [0.1, 0.15) is 0 Å². The lowest BCUT2D eigenvalue weighted by Crippen LogP contribution is -2.40. The van der Waals surface area contributed by atoms with Crippen LogP contribution in [-0.2, 0) is 19.0 Å². The second-order valence-electron chi connectivity index (χ2n) is 6.46. The van der Waals surface area contributed by atoms with Gasteiger partial charge in [0.05, 0.1) is 30.6 Å². The lowest BCUT2D eigenvalue weighted by molar-refractivity contribution is -0.141. The van der Waals surface area contributed by atoms with Crippen molar-refractivity contribution >= 4 is 23.2 Å². The van der Waals surface area contributed by atoms with Crippen LogP contribution in [0.5, 0.6) is 0 Å². The molecule has 2 heterocycles. The average molecular weight is 445 g/mol. The molecule has 2 aromatic heterocycles. The first-order valence-corrected chi connectivity index (χ1v) is 10.4. The molecule has 0 bridgehead atoms. The van der Waals surface area contributed by atoms with Crippen molar-refractivity contribution in [2.24, 2.45) is 0 Å². The SMILES string of the molecule is COC(=O)CCN(CC(OC)OC)C(=O)c1nc(-c2cccs2)n(-c2ccccc2)n1. The Balaban J connectivity index is 1.95. The maximum Gasteiger partial charge on any atom is 0.307 e. The Morgan fingerprint density at radius 3 is 2.45 bits per heavy atom. The number of para-hydroxylation sites is 1. The molecule has 10 heteroatoms. The minimum Gasteiger partial charge on any atom is -0.469 e. The van der Waals surface area contributed by atoms with Gasteiger partial charge < -0.3 is 19.1 Å². The third-order valence-electron chi connectivity index (χ3n) is 4.54. The molecule has 3 rings (SSSR count). The van der Waals surface area contributed by atoms with Crippen LogP contribution < -0.4 is 0 Å². The molecule has 3 aromatic rings. The highest BCUT2D eigenvalue weighted by atomic mass is 32.1. The third-order valence-corrected chi connectivity index (χ3v) is 5.40. The van der Waals surface area contributed by atoms with E-state index in [1.807, 2.05) is 47.8 Å². The lowest BCUT2D eigenvalue weighted by atomic mass is 10.3. The minimum atomic E-state index is -0.658. The zero-order chi connectivity index (χ0) is 22.2. The largest absolute Gasteiger partial charge is 0.469 e. The first kappa shape index (κ1) is 22.6. The number of carbonyl (C=O) groups excluding carboxylic acids is 2. The molecule has 0 atom stereocenters. The third kappa shape index (κ3) is 5.54. The molecule has 0 spiro atoms. The summed E-state index contributed by atoms with van der Waals surface area (Å²) in [6.45, 7) is 0.222. The van der Waals surface area contributed by atoms with E-state index in [-0.39, 0.29) is 25.3 Å². The van der Waals surface area contributed by atoms with E-state index in [1.165, 1.54) is 37.6 Å². The highest BCUT2D eigenvalue weighted by Gasteiger charge is 2.26.